The molecule has 8 aliphatic carbocycles. The second kappa shape index (κ2) is 18.8. The Balaban J connectivity index is 0.653. The summed E-state index contributed by atoms with van der Waals surface area (Å²) in [6.45, 7) is 4.85. The predicted molar refractivity (Wildman–Crippen MR) is 257 cm³/mol. The monoisotopic (exact) mass is 937 g/mol. The molecule has 0 N–H and O–H groups in total. The van der Waals surface area contributed by atoms with Gasteiger partial charge >= 0.3 is 11.9 Å². The Morgan fingerprint density at radius 3 is 1.07 bits per heavy atom. The highest BCUT2D eigenvalue weighted by Crippen LogP contribution is 2.60. The second-order valence-corrected chi connectivity index (χ2v) is 23.1. The van der Waals surface area contributed by atoms with Crippen LogP contribution in [0.25, 0.3) is 0 Å². The van der Waals surface area contributed by atoms with E-state index >= 15 is 0 Å². The maximum Gasteiger partial charge on any atom is 0.344 e. The van der Waals surface area contributed by atoms with Crippen LogP contribution in [0.3, 0.4) is 0 Å². The molecular formula is C58H62FO8S+. The number of carbonyl (C=O) groups excluding carboxylic acids is 2. The summed E-state index contributed by atoms with van der Waals surface area (Å²) >= 11 is 0. The average Bonchev–Trinajstić information content (AvgIpc) is 3.34. The fourth-order valence-corrected chi connectivity index (χ4v) is 15.5. The Kier molecular flexibility index (Phi) is 12.4. The maximum atomic E-state index is 14.1. The topological polar surface area (TPSA) is 89.5 Å². The lowest BCUT2D eigenvalue weighted by molar-refractivity contribution is -0.205. The Labute approximate surface area is 402 Å². The molecule has 0 amide bonds. The summed E-state index contributed by atoms with van der Waals surface area (Å²) in [5.74, 6) is 7.01. The van der Waals surface area contributed by atoms with Gasteiger partial charge in [0.15, 0.2) is 27.9 Å². The first-order valence-corrected chi connectivity index (χ1v) is 26.1. The molecule has 8 bridgehead atoms. The molecule has 8 saturated carbocycles. The fraction of sp³-hybridized carbons (Fsp3) is 0.448. The lowest BCUT2D eigenvalue weighted by Gasteiger charge is -2.59. The Morgan fingerprint density at radius 2 is 0.735 bits per heavy atom. The molecule has 0 heterocycles. The standard InChI is InChI=1S/C58H62FO8S/c1-57(43-25-39-23-40(27-43)28-44(57)26-39)66-55(60)35-64-48-9-3-37(4-10-48)33-62-50-13-19-53(20-14-50)68(52-17-7-47(59)8-18-52)54-21-15-51(16-22-54)63-34-38-5-11-49(12-6-38)65-36-56(61)67-58(2)45-29-41-24-42(31-45)32-46(58)30-41/h3-22,39-46H,23-36H2,1-2H3/q+1. The van der Waals surface area contributed by atoms with E-state index in [1.165, 1.54) is 76.3 Å². The number of hydrogen-bond acceptors (Lipinski definition) is 8. The number of benzene rings is 5. The highest BCUT2D eigenvalue weighted by atomic mass is 32.2. The Bertz CT molecular complexity index is 2350. The lowest BCUT2D eigenvalue weighted by Crippen LogP contribution is -2.58. The molecule has 8 fully saturated rings. The van der Waals surface area contributed by atoms with Gasteiger partial charge in [0, 0.05) is 0 Å². The van der Waals surface area contributed by atoms with Crippen molar-refractivity contribution in [3.8, 4) is 23.0 Å². The van der Waals surface area contributed by atoms with Gasteiger partial charge in [0.25, 0.3) is 0 Å². The molecule has 0 saturated heterocycles. The van der Waals surface area contributed by atoms with Gasteiger partial charge in [-0.05, 0) is 234 Å². The summed E-state index contributed by atoms with van der Waals surface area (Å²) in [6, 6.07) is 38.0. The summed E-state index contributed by atoms with van der Waals surface area (Å²) in [4.78, 5) is 29.0. The van der Waals surface area contributed by atoms with E-state index in [4.69, 9.17) is 28.4 Å². The van der Waals surface area contributed by atoms with Crippen molar-refractivity contribution >= 4 is 22.8 Å². The highest BCUT2D eigenvalue weighted by molar-refractivity contribution is 7.97. The van der Waals surface area contributed by atoms with E-state index in [9.17, 15) is 14.0 Å². The van der Waals surface area contributed by atoms with Crippen molar-refractivity contribution in [1.82, 2.24) is 0 Å². The largest absolute Gasteiger partial charge is 0.489 e. The zero-order chi connectivity index (χ0) is 46.4. The molecule has 68 heavy (non-hydrogen) atoms. The van der Waals surface area contributed by atoms with Crippen LogP contribution in [0.2, 0.25) is 0 Å². The molecule has 13 rings (SSSR count). The molecule has 0 unspecified atom stereocenters. The van der Waals surface area contributed by atoms with Crippen LogP contribution in [0, 0.1) is 53.2 Å². The molecule has 354 valence electrons. The van der Waals surface area contributed by atoms with Gasteiger partial charge in [0.1, 0.15) is 53.2 Å². The first kappa shape index (κ1) is 45.0. The smallest absolute Gasteiger partial charge is 0.344 e. The minimum atomic E-state index is -0.519. The predicted octanol–water partition coefficient (Wildman–Crippen LogP) is 12.4. The molecule has 10 heteroatoms. The summed E-state index contributed by atoms with van der Waals surface area (Å²) in [5, 5.41) is 0. The van der Waals surface area contributed by atoms with Gasteiger partial charge in [-0.15, -0.1) is 0 Å². The van der Waals surface area contributed by atoms with Crippen molar-refractivity contribution in [2.45, 2.75) is 117 Å². The van der Waals surface area contributed by atoms with Crippen LogP contribution in [0.15, 0.2) is 136 Å². The molecule has 8 nitrogen and oxygen atoms in total. The van der Waals surface area contributed by atoms with E-state index < -0.39 is 10.9 Å². The van der Waals surface area contributed by atoms with Crippen molar-refractivity contribution in [3.05, 3.63) is 138 Å². The van der Waals surface area contributed by atoms with Crippen molar-refractivity contribution < 1.29 is 42.4 Å². The third-order valence-electron chi connectivity index (χ3n) is 16.7. The lowest BCUT2D eigenvalue weighted by atomic mass is 9.50. The molecule has 8 aliphatic rings. The number of esters is 2. The first-order chi connectivity index (χ1) is 33.0. The quantitative estimate of drug-likeness (QED) is 0.0673. The maximum absolute atomic E-state index is 14.1. The summed E-state index contributed by atoms with van der Waals surface area (Å²) in [5.41, 5.74) is 1.22. The molecule has 5 aromatic rings. The summed E-state index contributed by atoms with van der Waals surface area (Å²) in [7, 11) is -0.519. The SMILES string of the molecule is CC1(OC(=O)COc2ccc(COc3ccc([S+](c4ccc(F)cc4)c4ccc(OCc5ccc(OCC(=O)OC6(C)C7CC8CC(C7)CC6C8)cc5)cc4)cc3)cc2)C2CC3CC(C2)CC1C3. The summed E-state index contributed by atoms with van der Waals surface area (Å²) < 4.78 is 50.5. The normalized spacial score (nSPS) is 29.8. The number of rotatable bonds is 17. The van der Waals surface area contributed by atoms with E-state index in [-0.39, 0.29) is 42.2 Å². The number of carbonyl (C=O) groups is 2. The van der Waals surface area contributed by atoms with Crippen molar-refractivity contribution in [1.29, 1.82) is 0 Å². The highest BCUT2D eigenvalue weighted by Gasteiger charge is 2.58. The minimum absolute atomic E-state index is 0.100. The van der Waals surface area contributed by atoms with Gasteiger partial charge in [-0.2, -0.15) is 0 Å². The van der Waals surface area contributed by atoms with E-state index in [1.807, 2.05) is 84.9 Å². The molecule has 0 aromatic heterocycles. The van der Waals surface area contributed by atoms with Crippen molar-refractivity contribution in [2.24, 2.45) is 47.3 Å². The van der Waals surface area contributed by atoms with Crippen molar-refractivity contribution in [2.75, 3.05) is 13.2 Å². The van der Waals surface area contributed by atoms with Crippen LogP contribution in [0.1, 0.15) is 89.2 Å². The van der Waals surface area contributed by atoms with Crippen LogP contribution < -0.4 is 18.9 Å². The number of ether oxygens (including phenoxy) is 6. The molecule has 0 radical (unpaired) electrons. The van der Waals surface area contributed by atoms with E-state index in [0.29, 0.717) is 48.4 Å². The van der Waals surface area contributed by atoms with Crippen LogP contribution in [-0.2, 0) is 43.2 Å². The van der Waals surface area contributed by atoms with Gasteiger partial charge in [0.05, 0.1) is 10.9 Å². The summed E-state index contributed by atoms with van der Waals surface area (Å²) in [6.07, 6.45) is 12.2. The van der Waals surface area contributed by atoms with Gasteiger partial charge in [0.2, 0.25) is 0 Å². The van der Waals surface area contributed by atoms with Crippen molar-refractivity contribution in [3.63, 3.8) is 0 Å². The zero-order valence-corrected chi connectivity index (χ0v) is 39.9. The number of hydrogen-bond donors (Lipinski definition) is 0. The van der Waals surface area contributed by atoms with Gasteiger partial charge < -0.3 is 28.4 Å². The minimum Gasteiger partial charge on any atom is -0.489 e. The Hall–Kier alpha value is -5.48. The van der Waals surface area contributed by atoms with Crippen LogP contribution >= 0.6 is 0 Å². The fourth-order valence-electron chi connectivity index (χ4n) is 13.4. The van der Waals surface area contributed by atoms with Crippen LogP contribution in [0.5, 0.6) is 23.0 Å². The number of halogens is 1. The molecular weight excluding hydrogens is 876 g/mol. The zero-order valence-electron chi connectivity index (χ0n) is 39.1. The van der Waals surface area contributed by atoms with E-state index in [1.54, 1.807) is 0 Å². The molecule has 5 aromatic carbocycles. The molecule has 0 spiro atoms. The first-order valence-electron chi connectivity index (χ1n) is 24.8. The van der Waals surface area contributed by atoms with Crippen LogP contribution in [-0.4, -0.2) is 36.4 Å². The second-order valence-electron chi connectivity index (χ2n) is 21.1. The third kappa shape index (κ3) is 9.46. The molecule has 0 atom stereocenters. The van der Waals surface area contributed by atoms with Crippen LogP contribution in [0.4, 0.5) is 4.39 Å². The van der Waals surface area contributed by atoms with E-state index in [2.05, 4.69) is 38.1 Å². The van der Waals surface area contributed by atoms with Gasteiger partial charge in [-0.3, -0.25) is 0 Å². The average molecular weight is 938 g/mol. The molecule has 0 aliphatic heterocycles. The van der Waals surface area contributed by atoms with Gasteiger partial charge in [-0.25, -0.2) is 14.0 Å². The third-order valence-corrected chi connectivity index (χ3v) is 19.0. The van der Waals surface area contributed by atoms with E-state index in [0.717, 1.165) is 61.0 Å². The Morgan fingerprint density at radius 1 is 0.441 bits per heavy atom. The van der Waals surface area contributed by atoms with Gasteiger partial charge in [-0.1, -0.05) is 24.3 Å².